The van der Waals surface area contributed by atoms with Crippen molar-refractivity contribution in [2.24, 2.45) is 0 Å². The van der Waals surface area contributed by atoms with E-state index < -0.39 is 5.97 Å². The van der Waals surface area contributed by atoms with Crippen molar-refractivity contribution in [3.63, 3.8) is 0 Å². The molecule has 0 bridgehead atoms. The maximum atomic E-state index is 12.5. The minimum atomic E-state index is -0.999. The number of ether oxygens (including phenoxy) is 1. The number of carbonyl (C=O) groups excluding carboxylic acids is 1. The number of hydrogen-bond donors (Lipinski definition) is 1. The van der Waals surface area contributed by atoms with Crippen molar-refractivity contribution in [3.05, 3.63) is 36.5 Å². The van der Waals surface area contributed by atoms with Crippen LogP contribution in [-0.4, -0.2) is 65.6 Å². The second kappa shape index (κ2) is 8.43. The van der Waals surface area contributed by atoms with E-state index in [4.69, 9.17) is 9.84 Å². The Bertz CT molecular complexity index is 1030. The Morgan fingerprint density at radius 3 is 2.86 bits per heavy atom. The molecule has 11 heteroatoms. The van der Waals surface area contributed by atoms with Gasteiger partial charge in [0.15, 0.2) is 0 Å². The lowest BCUT2D eigenvalue weighted by molar-refractivity contribution is -0.138. The molecule has 150 valence electrons. The normalized spacial score (nSPS) is 14.8. The zero-order chi connectivity index (χ0) is 20.2. The molecule has 1 fully saturated rings. The highest BCUT2D eigenvalue weighted by Crippen LogP contribution is 2.29. The Balaban J connectivity index is 1.31. The molecule has 4 rings (SSSR count). The van der Waals surface area contributed by atoms with Crippen LogP contribution in [0.3, 0.4) is 0 Å². The Kier molecular flexibility index (Phi) is 5.56. The van der Waals surface area contributed by atoms with Crippen LogP contribution in [0, 0.1) is 0 Å². The number of piperidine rings is 1. The van der Waals surface area contributed by atoms with Crippen LogP contribution in [0.5, 0.6) is 5.75 Å². The Labute approximate surface area is 169 Å². The Hall–Kier alpha value is -3.21. The monoisotopic (exact) mass is 414 g/mol. The van der Waals surface area contributed by atoms with Crippen LogP contribution in [0.15, 0.2) is 41.7 Å². The second-order valence-corrected chi connectivity index (χ2v) is 7.81. The van der Waals surface area contributed by atoms with Gasteiger partial charge in [-0.1, -0.05) is 17.8 Å². The minimum Gasteiger partial charge on any atom is -0.480 e. The first-order valence-corrected chi connectivity index (χ1v) is 9.92. The average Bonchev–Trinajstić information content (AvgIpc) is 3.14. The third kappa shape index (κ3) is 4.62. The van der Waals surface area contributed by atoms with Crippen molar-refractivity contribution in [2.75, 3.05) is 13.1 Å². The Morgan fingerprint density at radius 1 is 1.24 bits per heavy atom. The van der Waals surface area contributed by atoms with Crippen LogP contribution in [0.2, 0.25) is 0 Å². The van der Waals surface area contributed by atoms with E-state index in [1.165, 1.54) is 16.4 Å². The number of thioether (sulfide) groups is 1. The van der Waals surface area contributed by atoms with E-state index in [9.17, 15) is 9.59 Å². The topological polar surface area (TPSA) is 123 Å². The quantitative estimate of drug-likeness (QED) is 0.668. The molecule has 0 aliphatic carbocycles. The van der Waals surface area contributed by atoms with Crippen LogP contribution in [0.25, 0.3) is 10.9 Å². The molecule has 1 aliphatic heterocycles. The van der Waals surface area contributed by atoms with E-state index >= 15 is 0 Å². The number of amides is 1. The third-order valence-corrected chi connectivity index (χ3v) is 5.85. The van der Waals surface area contributed by atoms with Gasteiger partial charge in [0, 0.05) is 36.0 Å². The lowest BCUT2D eigenvalue weighted by Gasteiger charge is -2.30. The first-order chi connectivity index (χ1) is 14.1. The lowest BCUT2D eigenvalue weighted by Crippen LogP contribution is -2.41. The number of tetrazole rings is 1. The van der Waals surface area contributed by atoms with E-state index in [0.717, 1.165) is 23.7 Å². The summed E-state index contributed by atoms with van der Waals surface area (Å²) in [4.78, 5) is 29.3. The number of benzene rings is 1. The summed E-state index contributed by atoms with van der Waals surface area (Å²) in [5.41, 5.74) is 0.770. The molecule has 1 saturated heterocycles. The number of pyridine rings is 1. The van der Waals surface area contributed by atoms with Crippen molar-refractivity contribution < 1.29 is 19.4 Å². The molecule has 2 aromatic heterocycles. The zero-order valence-electron chi connectivity index (χ0n) is 15.3. The number of carboxylic acids is 1. The second-order valence-electron chi connectivity index (χ2n) is 6.54. The van der Waals surface area contributed by atoms with Crippen molar-refractivity contribution in [1.82, 2.24) is 30.1 Å². The predicted molar refractivity (Wildman–Crippen MR) is 104 cm³/mol. The average molecular weight is 414 g/mol. The summed E-state index contributed by atoms with van der Waals surface area (Å²) in [5.74, 6) is -0.536. The van der Waals surface area contributed by atoms with Crippen LogP contribution in [-0.2, 0) is 11.3 Å². The van der Waals surface area contributed by atoms with Gasteiger partial charge >= 0.3 is 12.1 Å². The summed E-state index contributed by atoms with van der Waals surface area (Å²) < 4.78 is 6.77. The highest BCUT2D eigenvalue weighted by atomic mass is 32.2. The molecule has 0 radical (unpaired) electrons. The summed E-state index contributed by atoms with van der Waals surface area (Å²) in [6.07, 6.45) is 2.78. The molecule has 1 amide bonds. The Morgan fingerprint density at radius 2 is 2.07 bits per heavy atom. The molecular weight excluding hydrogens is 396 g/mol. The maximum absolute atomic E-state index is 12.5. The van der Waals surface area contributed by atoms with Crippen LogP contribution in [0.1, 0.15) is 12.8 Å². The highest BCUT2D eigenvalue weighted by molar-refractivity contribution is 7.99. The number of nitrogens with zero attached hydrogens (tertiary/aromatic N) is 6. The number of rotatable bonds is 5. The molecule has 0 saturated carbocycles. The smallest absolute Gasteiger partial charge is 0.415 e. The van der Waals surface area contributed by atoms with Gasteiger partial charge in [-0.15, -0.1) is 5.10 Å². The first kappa shape index (κ1) is 19.1. The van der Waals surface area contributed by atoms with Gasteiger partial charge in [0.1, 0.15) is 12.3 Å². The third-order valence-electron chi connectivity index (χ3n) is 4.54. The molecule has 29 heavy (non-hydrogen) atoms. The molecule has 10 nitrogen and oxygen atoms in total. The number of carbonyl (C=O) groups is 2. The van der Waals surface area contributed by atoms with Crippen molar-refractivity contribution >= 4 is 34.7 Å². The fraction of sp³-hybridized carbons (Fsp3) is 0.333. The SMILES string of the molecule is O=C(O)Cn1nnnc1SC1CCN(C(=O)Oc2ccc3cccnc3c2)CC1. The van der Waals surface area contributed by atoms with Crippen LogP contribution < -0.4 is 4.74 Å². The van der Waals surface area contributed by atoms with Gasteiger partial charge < -0.3 is 14.7 Å². The minimum absolute atomic E-state index is 0.197. The molecule has 3 heterocycles. The van der Waals surface area contributed by atoms with Crippen molar-refractivity contribution in [3.8, 4) is 5.75 Å². The summed E-state index contributed by atoms with van der Waals surface area (Å²) in [7, 11) is 0. The van der Waals surface area contributed by atoms with E-state index in [1.807, 2.05) is 18.2 Å². The fourth-order valence-corrected chi connectivity index (χ4v) is 4.14. The first-order valence-electron chi connectivity index (χ1n) is 9.04. The molecule has 0 atom stereocenters. The number of fused-ring (bicyclic) bond motifs is 1. The molecule has 0 spiro atoms. The van der Waals surface area contributed by atoms with Gasteiger partial charge in [0.25, 0.3) is 0 Å². The number of likely N-dealkylation sites (tertiary alicyclic amines) is 1. The molecule has 3 aromatic rings. The van der Waals surface area contributed by atoms with Gasteiger partial charge in [-0.25, -0.2) is 9.48 Å². The van der Waals surface area contributed by atoms with Gasteiger partial charge in [0.05, 0.1) is 5.52 Å². The van der Waals surface area contributed by atoms with E-state index in [0.29, 0.717) is 24.0 Å². The molecule has 1 N–H and O–H groups in total. The number of aromatic nitrogens is 5. The van der Waals surface area contributed by atoms with Gasteiger partial charge in [-0.2, -0.15) is 0 Å². The summed E-state index contributed by atoms with van der Waals surface area (Å²) >= 11 is 1.44. The van der Waals surface area contributed by atoms with Crippen LogP contribution in [0.4, 0.5) is 4.79 Å². The fourth-order valence-electron chi connectivity index (χ4n) is 3.09. The van der Waals surface area contributed by atoms with E-state index in [2.05, 4.69) is 20.5 Å². The molecular formula is C18H18N6O4S. The molecule has 1 aromatic carbocycles. The lowest BCUT2D eigenvalue weighted by atomic mass is 10.1. The summed E-state index contributed by atoms with van der Waals surface area (Å²) in [6, 6.07) is 9.18. The van der Waals surface area contributed by atoms with Crippen molar-refractivity contribution in [2.45, 2.75) is 29.8 Å². The molecule has 1 aliphatic rings. The van der Waals surface area contributed by atoms with E-state index in [1.54, 1.807) is 23.2 Å². The predicted octanol–water partition coefficient (Wildman–Crippen LogP) is 2.06. The van der Waals surface area contributed by atoms with Gasteiger partial charge in [-0.05, 0) is 41.5 Å². The van der Waals surface area contributed by atoms with E-state index in [-0.39, 0.29) is 17.9 Å². The van der Waals surface area contributed by atoms with Gasteiger partial charge in [-0.3, -0.25) is 9.78 Å². The highest BCUT2D eigenvalue weighted by Gasteiger charge is 2.26. The van der Waals surface area contributed by atoms with Gasteiger partial charge in [0.2, 0.25) is 5.16 Å². The summed E-state index contributed by atoms with van der Waals surface area (Å²) in [5, 5.41) is 21.7. The molecule has 0 unspecified atom stereocenters. The number of aliphatic carboxylic acids is 1. The number of hydrogen-bond acceptors (Lipinski definition) is 8. The standard InChI is InChI=1S/C18H18N6O4S/c25-16(26)11-24-17(20-21-22-24)29-14-5-8-23(9-6-14)18(27)28-13-4-3-12-2-1-7-19-15(12)10-13/h1-4,7,10,14H,5-6,8-9,11H2,(H,25,26). The maximum Gasteiger partial charge on any atom is 0.415 e. The zero-order valence-corrected chi connectivity index (χ0v) is 16.2. The van der Waals surface area contributed by atoms with Crippen molar-refractivity contribution in [1.29, 1.82) is 0 Å². The summed E-state index contributed by atoms with van der Waals surface area (Å²) in [6.45, 7) is 0.812. The number of carboxylic acid groups (broad SMARTS) is 1. The van der Waals surface area contributed by atoms with Crippen LogP contribution >= 0.6 is 11.8 Å². The largest absolute Gasteiger partial charge is 0.480 e.